The molecule has 2 aliphatic heterocycles. The monoisotopic (exact) mass is 409 g/mol. The zero-order valence-corrected chi connectivity index (χ0v) is 18.0. The van der Waals surface area contributed by atoms with Crippen molar-refractivity contribution >= 4 is 5.91 Å². The first-order chi connectivity index (χ1) is 14.6. The quantitative estimate of drug-likeness (QED) is 0.734. The average molecular weight is 410 g/mol. The third-order valence-electron chi connectivity index (χ3n) is 5.76. The van der Waals surface area contributed by atoms with Crippen molar-refractivity contribution in [3.8, 4) is 11.5 Å². The van der Waals surface area contributed by atoms with Gasteiger partial charge in [-0.25, -0.2) is 0 Å². The van der Waals surface area contributed by atoms with Crippen LogP contribution in [0, 0.1) is 6.92 Å². The van der Waals surface area contributed by atoms with Gasteiger partial charge in [-0.05, 0) is 30.2 Å². The first-order valence-corrected chi connectivity index (χ1v) is 10.7. The highest BCUT2D eigenvalue weighted by atomic mass is 16.6. The minimum Gasteiger partial charge on any atom is -0.486 e. The number of fused-ring (bicyclic) bond motifs is 1. The summed E-state index contributed by atoms with van der Waals surface area (Å²) in [4.78, 5) is 19.3. The van der Waals surface area contributed by atoms with Crippen LogP contribution in [0.4, 0.5) is 0 Å². The molecule has 2 heterocycles. The third kappa shape index (κ3) is 5.32. The van der Waals surface area contributed by atoms with Gasteiger partial charge in [0, 0.05) is 46.3 Å². The summed E-state index contributed by atoms with van der Waals surface area (Å²) in [6.07, 6.45) is 0. The van der Waals surface area contributed by atoms with Crippen LogP contribution in [0.3, 0.4) is 0 Å². The maximum absolute atomic E-state index is 12.7. The van der Waals surface area contributed by atoms with Gasteiger partial charge in [-0.15, -0.1) is 0 Å². The van der Waals surface area contributed by atoms with E-state index in [-0.39, 0.29) is 5.91 Å². The second kappa shape index (κ2) is 9.49. The predicted octanol–water partition coefficient (Wildman–Crippen LogP) is 2.54. The Bertz CT molecular complexity index is 878. The molecule has 0 radical (unpaired) electrons. The lowest BCUT2D eigenvalue weighted by molar-refractivity contribution is -0.132. The Kier molecular flexibility index (Phi) is 6.55. The van der Waals surface area contributed by atoms with Crippen LogP contribution in [0.25, 0.3) is 0 Å². The molecule has 0 spiro atoms. The summed E-state index contributed by atoms with van der Waals surface area (Å²) in [6.45, 7) is 9.15. The molecule has 0 unspecified atom stereocenters. The van der Waals surface area contributed by atoms with Crippen LogP contribution in [0.15, 0.2) is 42.5 Å². The third-order valence-corrected chi connectivity index (χ3v) is 5.76. The molecule has 2 aromatic carbocycles. The molecule has 1 fully saturated rings. The molecule has 30 heavy (non-hydrogen) atoms. The van der Waals surface area contributed by atoms with Gasteiger partial charge in [0.1, 0.15) is 13.2 Å². The van der Waals surface area contributed by atoms with Crippen LogP contribution in [0.5, 0.6) is 11.5 Å². The number of likely N-dealkylation sites (N-methyl/N-ethyl adjacent to an activating group) is 1. The Labute approximate surface area is 179 Å². The van der Waals surface area contributed by atoms with Gasteiger partial charge in [-0.2, -0.15) is 0 Å². The number of hydrogen-bond acceptors (Lipinski definition) is 5. The number of nitrogens with zero attached hydrogens (tertiary/aromatic N) is 3. The van der Waals surface area contributed by atoms with Crippen molar-refractivity contribution in [3.05, 3.63) is 59.2 Å². The van der Waals surface area contributed by atoms with Crippen LogP contribution < -0.4 is 9.47 Å². The van der Waals surface area contributed by atoms with Gasteiger partial charge in [-0.1, -0.05) is 35.9 Å². The topological polar surface area (TPSA) is 45.2 Å². The van der Waals surface area contributed by atoms with Crippen LogP contribution in [0.1, 0.15) is 16.7 Å². The van der Waals surface area contributed by atoms with E-state index in [0.717, 1.165) is 49.8 Å². The van der Waals surface area contributed by atoms with E-state index in [1.807, 2.05) is 25.2 Å². The van der Waals surface area contributed by atoms with E-state index >= 15 is 0 Å². The first kappa shape index (κ1) is 20.7. The number of carbonyl (C=O) groups excluding carboxylic acids is 1. The summed E-state index contributed by atoms with van der Waals surface area (Å²) >= 11 is 0. The largest absolute Gasteiger partial charge is 0.486 e. The maximum atomic E-state index is 12.7. The number of ether oxygens (including phenoxy) is 2. The molecule has 4 rings (SSSR count). The Morgan fingerprint density at radius 2 is 1.67 bits per heavy atom. The van der Waals surface area contributed by atoms with Crippen molar-refractivity contribution in [2.45, 2.75) is 20.0 Å². The number of piperazine rings is 1. The molecule has 0 aromatic heterocycles. The van der Waals surface area contributed by atoms with Crippen LogP contribution in [-0.2, 0) is 17.9 Å². The molecular weight excluding hydrogens is 378 g/mol. The molecule has 6 nitrogen and oxygen atoms in total. The smallest absolute Gasteiger partial charge is 0.236 e. The fourth-order valence-electron chi connectivity index (χ4n) is 4.03. The zero-order valence-electron chi connectivity index (χ0n) is 18.0. The normalized spacial score (nSPS) is 17.0. The predicted molar refractivity (Wildman–Crippen MR) is 117 cm³/mol. The van der Waals surface area contributed by atoms with Crippen molar-refractivity contribution in [1.29, 1.82) is 0 Å². The molecule has 0 aliphatic carbocycles. The SMILES string of the molecule is Cc1cccc(CN2CCN(CC(=O)N(C)Cc3ccc4c(c3)OCCO4)CC2)c1. The van der Waals surface area contributed by atoms with E-state index in [1.165, 1.54) is 11.1 Å². The van der Waals surface area contributed by atoms with E-state index in [1.54, 1.807) is 4.90 Å². The van der Waals surface area contributed by atoms with Crippen molar-refractivity contribution in [1.82, 2.24) is 14.7 Å². The van der Waals surface area contributed by atoms with Gasteiger partial charge in [0.05, 0.1) is 6.54 Å². The molecule has 6 heteroatoms. The molecular formula is C24H31N3O3. The van der Waals surface area contributed by atoms with E-state index in [9.17, 15) is 4.79 Å². The second-order valence-corrected chi connectivity index (χ2v) is 8.27. The Morgan fingerprint density at radius 3 is 2.43 bits per heavy atom. The Morgan fingerprint density at radius 1 is 0.933 bits per heavy atom. The fourth-order valence-corrected chi connectivity index (χ4v) is 4.03. The molecule has 2 aromatic rings. The summed E-state index contributed by atoms with van der Waals surface area (Å²) in [5, 5.41) is 0. The summed E-state index contributed by atoms with van der Waals surface area (Å²) in [5.41, 5.74) is 3.72. The Hall–Kier alpha value is -2.57. The second-order valence-electron chi connectivity index (χ2n) is 8.27. The summed E-state index contributed by atoms with van der Waals surface area (Å²) in [5.74, 6) is 1.70. The fraction of sp³-hybridized carbons (Fsp3) is 0.458. The van der Waals surface area contributed by atoms with Gasteiger partial charge >= 0.3 is 0 Å². The molecule has 0 N–H and O–H groups in total. The lowest BCUT2D eigenvalue weighted by atomic mass is 10.1. The summed E-state index contributed by atoms with van der Waals surface area (Å²) in [7, 11) is 1.87. The van der Waals surface area contributed by atoms with Crippen LogP contribution in [-0.4, -0.2) is 73.6 Å². The van der Waals surface area contributed by atoms with Crippen molar-refractivity contribution in [2.24, 2.45) is 0 Å². The van der Waals surface area contributed by atoms with Crippen molar-refractivity contribution < 1.29 is 14.3 Å². The highest BCUT2D eigenvalue weighted by molar-refractivity contribution is 5.78. The molecule has 1 saturated heterocycles. The number of amides is 1. The van der Waals surface area contributed by atoms with E-state index < -0.39 is 0 Å². The minimum atomic E-state index is 0.150. The minimum absolute atomic E-state index is 0.150. The van der Waals surface area contributed by atoms with Crippen LogP contribution in [0.2, 0.25) is 0 Å². The van der Waals surface area contributed by atoms with E-state index in [4.69, 9.17) is 9.47 Å². The molecule has 0 bridgehead atoms. The van der Waals surface area contributed by atoms with E-state index in [2.05, 4.69) is 41.0 Å². The number of hydrogen-bond donors (Lipinski definition) is 0. The lowest BCUT2D eigenvalue weighted by Gasteiger charge is -2.35. The maximum Gasteiger partial charge on any atom is 0.236 e. The van der Waals surface area contributed by atoms with Crippen molar-refractivity contribution in [3.63, 3.8) is 0 Å². The van der Waals surface area contributed by atoms with Gasteiger partial charge in [0.25, 0.3) is 0 Å². The van der Waals surface area contributed by atoms with Crippen molar-refractivity contribution in [2.75, 3.05) is 53.0 Å². The van der Waals surface area contributed by atoms with Gasteiger partial charge in [0.15, 0.2) is 11.5 Å². The molecule has 160 valence electrons. The highest BCUT2D eigenvalue weighted by Gasteiger charge is 2.21. The standard InChI is InChI=1S/C24H31N3O3/c1-19-4-3-5-20(14-19)17-26-8-10-27(11-9-26)18-24(28)25(2)16-21-6-7-22-23(15-21)30-13-12-29-22/h3-7,14-15H,8-13,16-18H2,1-2H3. The Balaban J connectivity index is 1.23. The first-order valence-electron chi connectivity index (χ1n) is 10.7. The molecule has 2 aliphatic rings. The molecule has 0 saturated carbocycles. The van der Waals surface area contributed by atoms with Crippen LogP contribution >= 0.6 is 0 Å². The van der Waals surface area contributed by atoms with Gasteiger partial charge in [-0.3, -0.25) is 14.6 Å². The number of benzene rings is 2. The zero-order chi connectivity index (χ0) is 20.9. The van der Waals surface area contributed by atoms with E-state index in [0.29, 0.717) is 26.3 Å². The lowest BCUT2D eigenvalue weighted by Crippen LogP contribution is -2.49. The molecule has 1 amide bonds. The van der Waals surface area contributed by atoms with Gasteiger partial charge in [0.2, 0.25) is 5.91 Å². The summed E-state index contributed by atoms with van der Waals surface area (Å²) < 4.78 is 11.2. The number of rotatable bonds is 6. The number of carbonyl (C=O) groups is 1. The highest BCUT2D eigenvalue weighted by Crippen LogP contribution is 2.31. The summed E-state index contributed by atoms with van der Waals surface area (Å²) in [6, 6.07) is 14.6. The number of aryl methyl sites for hydroxylation is 1. The molecule has 0 atom stereocenters. The van der Waals surface area contributed by atoms with Gasteiger partial charge < -0.3 is 14.4 Å². The average Bonchev–Trinajstić information content (AvgIpc) is 2.75.